The molecule has 3 rings (SSSR count). The average Bonchev–Trinajstić information content (AvgIpc) is 2.54. The second kappa shape index (κ2) is 5.94. The van der Waals surface area contributed by atoms with Crippen LogP contribution in [-0.4, -0.2) is 26.9 Å². The molecule has 0 aliphatic carbocycles. The molecule has 2 aromatic rings. The van der Waals surface area contributed by atoms with Crippen molar-refractivity contribution in [2.45, 2.75) is 31.7 Å². The van der Waals surface area contributed by atoms with Crippen LogP contribution >= 0.6 is 0 Å². The van der Waals surface area contributed by atoms with Crippen molar-refractivity contribution in [1.29, 1.82) is 0 Å². The van der Waals surface area contributed by atoms with E-state index in [2.05, 4.69) is 0 Å². The van der Waals surface area contributed by atoms with Gasteiger partial charge in [-0.1, -0.05) is 29.8 Å². The Kier molecular flexibility index (Phi) is 4.09. The normalized spacial score (nSPS) is 14.9. The molecule has 2 aromatic carbocycles. The summed E-state index contributed by atoms with van der Waals surface area (Å²) in [4.78, 5) is 14.4. The number of fused-ring (bicyclic) bond motifs is 1. The van der Waals surface area contributed by atoms with E-state index in [1.807, 2.05) is 26.8 Å². The molecule has 6 heteroatoms. The van der Waals surface area contributed by atoms with Gasteiger partial charge in [-0.2, -0.15) is 0 Å². The van der Waals surface area contributed by atoms with E-state index in [4.69, 9.17) is 0 Å². The number of rotatable bonds is 3. The zero-order chi connectivity index (χ0) is 17.5. The summed E-state index contributed by atoms with van der Waals surface area (Å²) in [6.07, 6.45) is 0. The molecule has 0 saturated carbocycles. The first-order valence-corrected chi connectivity index (χ1v) is 9.27. The lowest BCUT2D eigenvalue weighted by Gasteiger charge is -2.38. The number of amides is 1. The van der Waals surface area contributed by atoms with E-state index >= 15 is 0 Å². The Morgan fingerprint density at radius 2 is 1.54 bits per heavy atom. The molecule has 1 aliphatic rings. The number of carbonyl (C=O) groups is 1. The predicted octanol–water partition coefficient (Wildman–Crippen LogP) is 2.95. The molecule has 24 heavy (non-hydrogen) atoms. The lowest BCUT2D eigenvalue weighted by atomic mass is 10.1. The number of hydrogen-bond donors (Lipinski definition) is 0. The topological polar surface area (TPSA) is 57.7 Å². The molecule has 1 heterocycles. The molecule has 0 aromatic heterocycles. The van der Waals surface area contributed by atoms with Gasteiger partial charge >= 0.3 is 0 Å². The van der Waals surface area contributed by atoms with Crippen LogP contribution in [0.25, 0.3) is 0 Å². The summed E-state index contributed by atoms with van der Waals surface area (Å²) in [5, 5.41) is 0. The van der Waals surface area contributed by atoms with Crippen molar-refractivity contribution >= 4 is 27.3 Å². The summed E-state index contributed by atoms with van der Waals surface area (Å²) < 4.78 is 27.3. The first-order chi connectivity index (χ1) is 11.3. The fourth-order valence-corrected chi connectivity index (χ4v) is 4.34. The minimum absolute atomic E-state index is 0.0390. The zero-order valence-corrected chi connectivity index (χ0v) is 14.7. The van der Waals surface area contributed by atoms with Crippen molar-refractivity contribution in [3.63, 3.8) is 0 Å². The van der Waals surface area contributed by atoms with Gasteiger partial charge in [0.05, 0.1) is 16.3 Å². The van der Waals surface area contributed by atoms with Gasteiger partial charge in [-0.3, -0.25) is 9.10 Å². The Bertz CT molecular complexity index is 873. The van der Waals surface area contributed by atoms with Gasteiger partial charge in [-0.25, -0.2) is 8.42 Å². The van der Waals surface area contributed by atoms with E-state index in [-0.39, 0.29) is 23.4 Å². The molecule has 0 fully saturated rings. The van der Waals surface area contributed by atoms with E-state index in [1.54, 1.807) is 47.4 Å². The molecule has 0 saturated heterocycles. The van der Waals surface area contributed by atoms with Crippen molar-refractivity contribution < 1.29 is 13.2 Å². The van der Waals surface area contributed by atoms with Crippen LogP contribution in [0.2, 0.25) is 0 Å². The highest BCUT2D eigenvalue weighted by molar-refractivity contribution is 7.92. The van der Waals surface area contributed by atoms with Crippen LogP contribution in [0.15, 0.2) is 53.4 Å². The molecule has 0 spiro atoms. The van der Waals surface area contributed by atoms with Gasteiger partial charge in [0.25, 0.3) is 10.0 Å². The first kappa shape index (κ1) is 16.5. The minimum atomic E-state index is -3.79. The predicted molar refractivity (Wildman–Crippen MR) is 94.8 cm³/mol. The van der Waals surface area contributed by atoms with Crippen LogP contribution in [-0.2, 0) is 14.8 Å². The Labute approximate surface area is 142 Å². The van der Waals surface area contributed by atoms with Gasteiger partial charge in [-0.15, -0.1) is 0 Å². The molecule has 0 bridgehead atoms. The smallest absolute Gasteiger partial charge is 0.264 e. The molecule has 126 valence electrons. The summed E-state index contributed by atoms with van der Waals surface area (Å²) >= 11 is 0. The number of benzene rings is 2. The van der Waals surface area contributed by atoms with Crippen LogP contribution in [0.5, 0.6) is 0 Å². The fourth-order valence-electron chi connectivity index (χ4n) is 2.92. The molecule has 0 N–H and O–H groups in total. The van der Waals surface area contributed by atoms with Gasteiger partial charge in [-0.05, 0) is 45.0 Å². The maximum atomic E-state index is 13.0. The number of carbonyl (C=O) groups excluding carboxylic acids is 1. The van der Waals surface area contributed by atoms with Crippen molar-refractivity contribution in [3.05, 3.63) is 54.1 Å². The molecule has 1 aliphatic heterocycles. The number of hydrogen-bond acceptors (Lipinski definition) is 3. The van der Waals surface area contributed by atoms with Crippen molar-refractivity contribution in [2.24, 2.45) is 0 Å². The van der Waals surface area contributed by atoms with E-state index in [0.717, 1.165) is 5.56 Å². The third kappa shape index (κ3) is 2.67. The van der Waals surface area contributed by atoms with Gasteiger partial charge in [0.1, 0.15) is 6.54 Å². The quantitative estimate of drug-likeness (QED) is 0.860. The third-order valence-electron chi connectivity index (χ3n) is 4.08. The summed E-state index contributed by atoms with van der Waals surface area (Å²) in [5.74, 6) is -0.223. The summed E-state index contributed by atoms with van der Waals surface area (Å²) in [6, 6.07) is 13.7. The van der Waals surface area contributed by atoms with Gasteiger partial charge < -0.3 is 4.90 Å². The van der Waals surface area contributed by atoms with Crippen LogP contribution in [0.4, 0.5) is 11.4 Å². The number of para-hydroxylation sites is 2. The summed E-state index contributed by atoms with van der Waals surface area (Å²) in [7, 11) is -3.79. The number of nitrogens with zero attached hydrogens (tertiary/aromatic N) is 2. The van der Waals surface area contributed by atoms with Gasteiger partial charge in [0.15, 0.2) is 0 Å². The number of sulfonamides is 1. The standard InChI is InChI=1S/C18H20N2O3S/c1-13(2)20-17-7-5-4-6-16(17)19(12-18(20)21)24(22,23)15-10-8-14(3)9-11-15/h4-11,13H,12H2,1-3H3. The molecular weight excluding hydrogens is 324 g/mol. The Morgan fingerprint density at radius 1 is 0.958 bits per heavy atom. The largest absolute Gasteiger partial charge is 0.306 e. The summed E-state index contributed by atoms with van der Waals surface area (Å²) in [6.45, 7) is 5.54. The van der Waals surface area contributed by atoms with Crippen LogP contribution in [0.1, 0.15) is 19.4 Å². The Morgan fingerprint density at radius 3 is 2.12 bits per heavy atom. The average molecular weight is 344 g/mol. The second-order valence-corrected chi connectivity index (χ2v) is 8.03. The lowest BCUT2D eigenvalue weighted by molar-refractivity contribution is -0.117. The van der Waals surface area contributed by atoms with E-state index < -0.39 is 10.0 Å². The Hall–Kier alpha value is -2.34. The van der Waals surface area contributed by atoms with E-state index in [9.17, 15) is 13.2 Å². The maximum Gasteiger partial charge on any atom is 0.264 e. The van der Waals surface area contributed by atoms with Gasteiger partial charge in [0.2, 0.25) is 5.91 Å². The SMILES string of the molecule is Cc1ccc(S(=O)(=O)N2CC(=O)N(C(C)C)c3ccccc32)cc1. The fraction of sp³-hybridized carbons (Fsp3) is 0.278. The van der Waals surface area contributed by atoms with Crippen molar-refractivity contribution in [2.75, 3.05) is 15.7 Å². The molecule has 5 nitrogen and oxygen atoms in total. The van der Waals surface area contributed by atoms with E-state index in [0.29, 0.717) is 11.4 Å². The van der Waals surface area contributed by atoms with Crippen LogP contribution in [0, 0.1) is 6.92 Å². The highest BCUT2D eigenvalue weighted by Crippen LogP contribution is 2.37. The molecule has 0 radical (unpaired) electrons. The highest BCUT2D eigenvalue weighted by Gasteiger charge is 2.37. The number of anilines is 2. The molecule has 0 unspecified atom stereocenters. The zero-order valence-electron chi connectivity index (χ0n) is 13.9. The maximum absolute atomic E-state index is 13.0. The molecule has 0 atom stereocenters. The van der Waals surface area contributed by atoms with Crippen molar-refractivity contribution in [3.8, 4) is 0 Å². The summed E-state index contributed by atoms with van der Waals surface area (Å²) in [5.41, 5.74) is 2.14. The third-order valence-corrected chi connectivity index (χ3v) is 5.86. The van der Waals surface area contributed by atoms with E-state index in [1.165, 1.54) is 4.31 Å². The minimum Gasteiger partial charge on any atom is -0.306 e. The number of aryl methyl sites for hydroxylation is 1. The monoisotopic (exact) mass is 344 g/mol. The van der Waals surface area contributed by atoms with Gasteiger partial charge in [0, 0.05) is 6.04 Å². The highest BCUT2D eigenvalue weighted by atomic mass is 32.2. The second-order valence-electron chi connectivity index (χ2n) is 6.17. The molecular formula is C18H20N2O3S. The van der Waals surface area contributed by atoms with Crippen molar-refractivity contribution in [1.82, 2.24) is 0 Å². The molecule has 1 amide bonds. The first-order valence-electron chi connectivity index (χ1n) is 7.83. The Balaban J connectivity index is 2.13. The lowest BCUT2D eigenvalue weighted by Crippen LogP contribution is -2.50. The van der Waals surface area contributed by atoms with Crippen LogP contribution in [0.3, 0.4) is 0 Å². The van der Waals surface area contributed by atoms with Crippen LogP contribution < -0.4 is 9.21 Å².